The Balaban J connectivity index is 2.06. The lowest BCUT2D eigenvalue weighted by Gasteiger charge is -2.28. The highest BCUT2D eigenvalue weighted by atomic mass is 127. The summed E-state index contributed by atoms with van der Waals surface area (Å²) in [4.78, 5) is 12.5. The first kappa shape index (κ1) is 22.3. The molecule has 3 N–H and O–H groups in total. The van der Waals surface area contributed by atoms with E-state index in [1.54, 1.807) is 43.5 Å². The Kier molecular flexibility index (Phi) is 8.23. The minimum atomic E-state index is -1.83. The maximum Gasteiger partial charge on any atom is 0.254 e. The predicted octanol–water partition coefficient (Wildman–Crippen LogP) is 4.71. The number of halogens is 4. The molecule has 27 heavy (non-hydrogen) atoms. The maximum atomic E-state index is 12.5. The van der Waals surface area contributed by atoms with Gasteiger partial charge >= 0.3 is 0 Å². The van der Waals surface area contributed by atoms with Crippen molar-refractivity contribution in [1.29, 1.82) is 0 Å². The second kappa shape index (κ2) is 9.97. The number of thiocarbonyl (C=S) groups is 1. The fourth-order valence-corrected chi connectivity index (χ4v) is 3.22. The van der Waals surface area contributed by atoms with Crippen LogP contribution in [-0.2, 0) is 0 Å². The van der Waals surface area contributed by atoms with E-state index < -0.39 is 15.9 Å². The third kappa shape index (κ3) is 6.83. The Hall–Kier alpha value is -1.000. The molecule has 1 unspecified atom stereocenters. The van der Waals surface area contributed by atoms with Crippen LogP contribution in [-0.4, -0.2) is 28.1 Å². The number of alkyl halides is 3. The van der Waals surface area contributed by atoms with E-state index in [0.29, 0.717) is 17.0 Å². The second-order valence-electron chi connectivity index (χ2n) is 5.25. The zero-order valence-corrected chi connectivity index (χ0v) is 19.2. The first-order chi connectivity index (χ1) is 12.7. The molecule has 0 bridgehead atoms. The number of carbonyl (C=O) groups is 1. The van der Waals surface area contributed by atoms with Gasteiger partial charge in [0.2, 0.25) is 3.79 Å². The molecule has 10 heteroatoms. The van der Waals surface area contributed by atoms with Crippen LogP contribution in [0.4, 0.5) is 5.69 Å². The Labute approximate surface area is 191 Å². The van der Waals surface area contributed by atoms with E-state index in [2.05, 4.69) is 38.5 Å². The van der Waals surface area contributed by atoms with Crippen LogP contribution in [0.1, 0.15) is 10.4 Å². The molecule has 2 rings (SSSR count). The maximum absolute atomic E-state index is 12.5. The number of amides is 1. The van der Waals surface area contributed by atoms with E-state index in [1.807, 2.05) is 12.1 Å². The van der Waals surface area contributed by atoms with Crippen LogP contribution in [0.5, 0.6) is 5.75 Å². The van der Waals surface area contributed by atoms with Gasteiger partial charge < -0.3 is 20.7 Å². The summed E-state index contributed by atoms with van der Waals surface area (Å²) >= 11 is 25.3. The van der Waals surface area contributed by atoms with E-state index in [0.717, 1.165) is 3.57 Å². The zero-order valence-electron chi connectivity index (χ0n) is 13.9. The van der Waals surface area contributed by atoms with Gasteiger partial charge in [-0.05, 0) is 71.2 Å². The number of rotatable bonds is 5. The summed E-state index contributed by atoms with van der Waals surface area (Å²) in [6.07, 6.45) is -1.05. The minimum absolute atomic E-state index is 0.180. The monoisotopic (exact) mass is 557 g/mol. The lowest BCUT2D eigenvalue weighted by atomic mass is 10.2. The van der Waals surface area contributed by atoms with Crippen molar-refractivity contribution in [2.75, 3.05) is 12.4 Å². The van der Waals surface area contributed by atoms with Gasteiger partial charge in [0, 0.05) is 9.26 Å². The average Bonchev–Trinajstić information content (AvgIpc) is 2.61. The normalized spacial score (nSPS) is 12.0. The molecule has 2 aromatic carbocycles. The van der Waals surface area contributed by atoms with Gasteiger partial charge in [0.25, 0.3) is 5.91 Å². The Bertz CT molecular complexity index is 816. The summed E-state index contributed by atoms with van der Waals surface area (Å²) in [6, 6.07) is 14.2. The second-order valence-corrected chi connectivity index (χ2v) is 9.19. The SMILES string of the molecule is COc1ccc(NC(=S)NC(NC(=O)c2ccccc2I)C(Cl)(Cl)Cl)cc1. The molecule has 0 aliphatic heterocycles. The first-order valence-electron chi connectivity index (χ1n) is 7.54. The van der Waals surface area contributed by atoms with Crippen LogP contribution >= 0.6 is 69.6 Å². The van der Waals surface area contributed by atoms with Crippen LogP contribution in [0.15, 0.2) is 48.5 Å². The van der Waals surface area contributed by atoms with Crippen LogP contribution in [0.25, 0.3) is 0 Å². The van der Waals surface area contributed by atoms with Crippen molar-refractivity contribution in [2.45, 2.75) is 9.96 Å². The predicted molar refractivity (Wildman–Crippen MR) is 123 cm³/mol. The molecule has 0 heterocycles. The molecule has 0 aromatic heterocycles. The fraction of sp³-hybridized carbons (Fsp3) is 0.176. The Morgan fingerprint density at radius 1 is 1.11 bits per heavy atom. The summed E-state index contributed by atoms with van der Waals surface area (Å²) in [5, 5.41) is 8.60. The number of ether oxygens (including phenoxy) is 1. The van der Waals surface area contributed by atoms with Crippen molar-refractivity contribution in [3.05, 3.63) is 57.7 Å². The third-order valence-electron chi connectivity index (χ3n) is 3.34. The molecule has 0 fully saturated rings. The fourth-order valence-electron chi connectivity index (χ4n) is 2.03. The minimum Gasteiger partial charge on any atom is -0.497 e. The molecular formula is C17H15Cl3IN3O2S. The number of methoxy groups -OCH3 is 1. The molecule has 2 aromatic rings. The highest BCUT2D eigenvalue weighted by molar-refractivity contribution is 14.1. The molecule has 144 valence electrons. The van der Waals surface area contributed by atoms with E-state index >= 15 is 0 Å². The Morgan fingerprint density at radius 3 is 2.30 bits per heavy atom. The van der Waals surface area contributed by atoms with Gasteiger partial charge in [0.05, 0.1) is 12.7 Å². The number of anilines is 1. The average molecular weight is 559 g/mol. The number of nitrogens with one attached hydrogen (secondary N) is 3. The van der Waals surface area contributed by atoms with Gasteiger partial charge in [-0.1, -0.05) is 46.9 Å². The van der Waals surface area contributed by atoms with Crippen molar-refractivity contribution < 1.29 is 9.53 Å². The number of hydrogen-bond donors (Lipinski definition) is 3. The quantitative estimate of drug-likeness (QED) is 0.215. The van der Waals surface area contributed by atoms with Gasteiger partial charge in [-0.3, -0.25) is 4.79 Å². The van der Waals surface area contributed by atoms with Gasteiger partial charge in [-0.2, -0.15) is 0 Å². The van der Waals surface area contributed by atoms with Crippen LogP contribution in [0.3, 0.4) is 0 Å². The summed E-state index contributed by atoms with van der Waals surface area (Å²) in [6.45, 7) is 0. The van der Waals surface area contributed by atoms with Crippen LogP contribution in [0, 0.1) is 3.57 Å². The number of benzene rings is 2. The molecular weight excluding hydrogens is 544 g/mol. The standard InChI is InChI=1S/C17H15Cl3IN3O2S/c1-26-11-8-6-10(7-9-11)22-16(27)24-15(17(18,19)20)23-14(25)12-4-2-3-5-13(12)21/h2-9,15H,1H3,(H,23,25)(H2,22,24,27). The van der Waals surface area contributed by atoms with Crippen molar-refractivity contribution in [3.8, 4) is 5.75 Å². The van der Waals surface area contributed by atoms with E-state index in [1.165, 1.54) is 0 Å². The lowest BCUT2D eigenvalue weighted by molar-refractivity contribution is 0.0933. The molecule has 0 saturated carbocycles. The lowest BCUT2D eigenvalue weighted by Crippen LogP contribution is -2.56. The molecule has 0 aliphatic rings. The molecule has 0 saturated heterocycles. The number of hydrogen-bond acceptors (Lipinski definition) is 3. The molecule has 0 aliphatic carbocycles. The topological polar surface area (TPSA) is 62.4 Å². The van der Waals surface area contributed by atoms with Crippen LogP contribution < -0.4 is 20.7 Å². The zero-order chi connectivity index (χ0) is 20.0. The summed E-state index contributed by atoms with van der Waals surface area (Å²) in [7, 11) is 1.58. The highest BCUT2D eigenvalue weighted by Crippen LogP contribution is 2.29. The molecule has 0 radical (unpaired) electrons. The third-order valence-corrected chi connectivity index (χ3v) is 5.16. The smallest absolute Gasteiger partial charge is 0.254 e. The largest absolute Gasteiger partial charge is 0.497 e. The van der Waals surface area contributed by atoms with Gasteiger partial charge in [-0.25, -0.2) is 0 Å². The van der Waals surface area contributed by atoms with Crippen molar-refractivity contribution in [1.82, 2.24) is 10.6 Å². The van der Waals surface area contributed by atoms with Crippen LogP contribution in [0.2, 0.25) is 0 Å². The van der Waals surface area contributed by atoms with Gasteiger partial charge in [0.1, 0.15) is 11.9 Å². The molecule has 1 amide bonds. The summed E-state index contributed by atoms with van der Waals surface area (Å²) in [5.41, 5.74) is 1.17. The summed E-state index contributed by atoms with van der Waals surface area (Å²) < 4.78 is 4.04. The molecule has 0 spiro atoms. The van der Waals surface area contributed by atoms with Gasteiger partial charge in [-0.15, -0.1) is 0 Å². The van der Waals surface area contributed by atoms with Crippen molar-refractivity contribution in [2.24, 2.45) is 0 Å². The number of carbonyl (C=O) groups excluding carboxylic acids is 1. The van der Waals surface area contributed by atoms with E-state index in [9.17, 15) is 4.79 Å². The van der Waals surface area contributed by atoms with Crippen molar-refractivity contribution in [3.63, 3.8) is 0 Å². The molecule has 1 atom stereocenters. The van der Waals surface area contributed by atoms with E-state index in [-0.39, 0.29) is 5.11 Å². The molecule has 5 nitrogen and oxygen atoms in total. The Morgan fingerprint density at radius 2 is 1.74 bits per heavy atom. The van der Waals surface area contributed by atoms with Crippen molar-refractivity contribution >= 4 is 86.3 Å². The highest BCUT2D eigenvalue weighted by Gasteiger charge is 2.35. The van der Waals surface area contributed by atoms with E-state index in [4.69, 9.17) is 51.8 Å². The summed E-state index contributed by atoms with van der Waals surface area (Å²) in [5.74, 6) is 0.319. The first-order valence-corrected chi connectivity index (χ1v) is 10.2. The van der Waals surface area contributed by atoms with Gasteiger partial charge in [0.15, 0.2) is 5.11 Å².